The Morgan fingerprint density at radius 2 is 1.72 bits per heavy atom. The standard InChI is InChI=1S/C14H14N2O2/c1-17-9-3-4-13-11(5-9)12(8-16-13)14-6-10(18-2)7-15-14/h3-8,15-16H,1-2H3. The minimum atomic E-state index is 0.822. The van der Waals surface area contributed by atoms with E-state index in [0.29, 0.717) is 0 Å². The number of rotatable bonds is 3. The lowest BCUT2D eigenvalue weighted by Gasteiger charge is -2.00. The van der Waals surface area contributed by atoms with Gasteiger partial charge in [0.15, 0.2) is 0 Å². The number of aromatic amines is 2. The second-order valence-electron chi connectivity index (χ2n) is 4.07. The van der Waals surface area contributed by atoms with E-state index in [0.717, 1.165) is 33.7 Å². The molecule has 2 N–H and O–H groups in total. The highest BCUT2D eigenvalue weighted by Gasteiger charge is 2.09. The summed E-state index contributed by atoms with van der Waals surface area (Å²) in [6.07, 6.45) is 3.82. The first-order chi connectivity index (χ1) is 8.81. The third-order valence-electron chi connectivity index (χ3n) is 3.07. The molecule has 4 nitrogen and oxygen atoms in total. The van der Waals surface area contributed by atoms with Gasteiger partial charge in [-0.1, -0.05) is 0 Å². The van der Waals surface area contributed by atoms with Crippen molar-refractivity contribution in [2.24, 2.45) is 0 Å². The Hall–Kier alpha value is -2.36. The van der Waals surface area contributed by atoms with Gasteiger partial charge in [0.05, 0.1) is 19.9 Å². The van der Waals surface area contributed by atoms with Gasteiger partial charge in [0.2, 0.25) is 0 Å². The lowest BCUT2D eigenvalue weighted by Crippen LogP contribution is -1.82. The molecule has 0 unspecified atom stereocenters. The lowest BCUT2D eigenvalue weighted by molar-refractivity contribution is 0.415. The second-order valence-corrected chi connectivity index (χ2v) is 4.07. The van der Waals surface area contributed by atoms with Crippen LogP contribution in [0.3, 0.4) is 0 Å². The van der Waals surface area contributed by atoms with Gasteiger partial charge < -0.3 is 19.4 Å². The van der Waals surface area contributed by atoms with Crippen molar-refractivity contribution in [1.82, 2.24) is 9.97 Å². The van der Waals surface area contributed by atoms with E-state index in [1.807, 2.05) is 36.7 Å². The van der Waals surface area contributed by atoms with E-state index in [-0.39, 0.29) is 0 Å². The maximum Gasteiger partial charge on any atom is 0.136 e. The number of aromatic nitrogens is 2. The molecule has 0 radical (unpaired) electrons. The van der Waals surface area contributed by atoms with E-state index in [2.05, 4.69) is 9.97 Å². The molecule has 18 heavy (non-hydrogen) atoms. The topological polar surface area (TPSA) is 50.0 Å². The fourth-order valence-corrected chi connectivity index (χ4v) is 2.10. The summed E-state index contributed by atoms with van der Waals surface area (Å²) in [6.45, 7) is 0. The highest BCUT2D eigenvalue weighted by Crippen LogP contribution is 2.32. The second kappa shape index (κ2) is 4.14. The van der Waals surface area contributed by atoms with Gasteiger partial charge in [-0.3, -0.25) is 0 Å². The van der Waals surface area contributed by atoms with Crippen LogP contribution in [0.4, 0.5) is 0 Å². The summed E-state index contributed by atoms with van der Waals surface area (Å²) >= 11 is 0. The molecule has 4 heteroatoms. The average molecular weight is 242 g/mol. The van der Waals surface area contributed by atoms with Crippen molar-refractivity contribution in [1.29, 1.82) is 0 Å². The van der Waals surface area contributed by atoms with E-state index in [1.54, 1.807) is 14.2 Å². The lowest BCUT2D eigenvalue weighted by atomic mass is 10.1. The zero-order chi connectivity index (χ0) is 12.5. The molecular formula is C14H14N2O2. The number of nitrogens with one attached hydrogen (secondary N) is 2. The fraction of sp³-hybridized carbons (Fsp3) is 0.143. The quantitative estimate of drug-likeness (QED) is 0.741. The fourth-order valence-electron chi connectivity index (χ4n) is 2.10. The van der Waals surface area contributed by atoms with Crippen LogP contribution in [0.2, 0.25) is 0 Å². The summed E-state index contributed by atoms with van der Waals surface area (Å²) < 4.78 is 10.4. The normalized spacial score (nSPS) is 10.8. The molecule has 92 valence electrons. The highest BCUT2D eigenvalue weighted by molar-refractivity contribution is 5.95. The van der Waals surface area contributed by atoms with Gasteiger partial charge in [0.1, 0.15) is 11.5 Å². The van der Waals surface area contributed by atoms with Crippen LogP contribution in [0.5, 0.6) is 11.5 Å². The monoisotopic (exact) mass is 242 g/mol. The van der Waals surface area contributed by atoms with Gasteiger partial charge in [-0.15, -0.1) is 0 Å². The first kappa shape index (κ1) is 10.8. The van der Waals surface area contributed by atoms with Gasteiger partial charge in [-0.05, 0) is 18.2 Å². The van der Waals surface area contributed by atoms with Crippen LogP contribution < -0.4 is 9.47 Å². The van der Waals surface area contributed by atoms with Crippen molar-refractivity contribution in [2.75, 3.05) is 14.2 Å². The Labute approximate surface area is 105 Å². The predicted octanol–water partition coefficient (Wildman–Crippen LogP) is 3.18. The van der Waals surface area contributed by atoms with Crippen molar-refractivity contribution >= 4 is 10.9 Å². The van der Waals surface area contributed by atoms with E-state index in [9.17, 15) is 0 Å². The van der Waals surface area contributed by atoms with Crippen molar-refractivity contribution < 1.29 is 9.47 Å². The average Bonchev–Trinajstić information content (AvgIpc) is 3.03. The van der Waals surface area contributed by atoms with E-state index >= 15 is 0 Å². The molecule has 1 aromatic carbocycles. The molecule has 0 aliphatic rings. The Bertz CT molecular complexity index is 682. The van der Waals surface area contributed by atoms with Crippen molar-refractivity contribution in [3.8, 4) is 22.8 Å². The Balaban J connectivity index is 2.16. The van der Waals surface area contributed by atoms with Gasteiger partial charge in [0, 0.05) is 34.9 Å². The Morgan fingerprint density at radius 1 is 0.889 bits per heavy atom. The number of H-pyrrole nitrogens is 2. The van der Waals surface area contributed by atoms with Gasteiger partial charge in [-0.25, -0.2) is 0 Å². The van der Waals surface area contributed by atoms with Crippen molar-refractivity contribution in [2.45, 2.75) is 0 Å². The minimum Gasteiger partial charge on any atom is -0.497 e. The van der Waals surface area contributed by atoms with Crippen molar-refractivity contribution in [3.05, 3.63) is 36.7 Å². The largest absolute Gasteiger partial charge is 0.497 e. The molecule has 2 aromatic heterocycles. The number of ether oxygens (including phenoxy) is 2. The molecule has 0 bridgehead atoms. The summed E-state index contributed by atoms with van der Waals surface area (Å²) in [5.74, 6) is 1.67. The number of methoxy groups -OCH3 is 2. The molecule has 0 amide bonds. The Kier molecular flexibility index (Phi) is 2.48. The van der Waals surface area contributed by atoms with E-state index < -0.39 is 0 Å². The summed E-state index contributed by atoms with van der Waals surface area (Å²) in [5, 5.41) is 1.12. The minimum absolute atomic E-state index is 0.822. The summed E-state index contributed by atoms with van der Waals surface area (Å²) in [6, 6.07) is 7.95. The van der Waals surface area contributed by atoms with Crippen LogP contribution in [-0.2, 0) is 0 Å². The molecule has 0 aliphatic heterocycles. The molecule has 3 aromatic rings. The maximum absolute atomic E-state index is 5.26. The third kappa shape index (κ3) is 1.62. The molecule has 0 atom stereocenters. The van der Waals surface area contributed by atoms with Crippen LogP contribution in [0, 0.1) is 0 Å². The maximum atomic E-state index is 5.26. The van der Waals surface area contributed by atoms with Crippen LogP contribution in [0.1, 0.15) is 0 Å². The smallest absolute Gasteiger partial charge is 0.136 e. The molecular weight excluding hydrogens is 228 g/mol. The number of hydrogen-bond acceptors (Lipinski definition) is 2. The van der Waals surface area contributed by atoms with Crippen LogP contribution in [0.25, 0.3) is 22.2 Å². The predicted molar refractivity (Wildman–Crippen MR) is 71.2 cm³/mol. The third-order valence-corrected chi connectivity index (χ3v) is 3.07. The SMILES string of the molecule is COc1c[nH]c(-c2c[nH]c3ccc(OC)cc23)c1. The summed E-state index contributed by atoms with van der Waals surface area (Å²) in [7, 11) is 3.33. The molecule has 0 fully saturated rings. The first-order valence-electron chi connectivity index (χ1n) is 5.69. The highest BCUT2D eigenvalue weighted by atomic mass is 16.5. The van der Waals surface area contributed by atoms with Crippen molar-refractivity contribution in [3.63, 3.8) is 0 Å². The van der Waals surface area contributed by atoms with Crippen LogP contribution >= 0.6 is 0 Å². The zero-order valence-electron chi connectivity index (χ0n) is 10.3. The summed E-state index contributed by atoms with van der Waals surface area (Å²) in [5.41, 5.74) is 3.21. The van der Waals surface area contributed by atoms with Crippen LogP contribution in [0.15, 0.2) is 36.7 Å². The number of benzene rings is 1. The van der Waals surface area contributed by atoms with E-state index in [1.165, 1.54) is 0 Å². The molecule has 2 heterocycles. The molecule has 0 spiro atoms. The summed E-state index contributed by atoms with van der Waals surface area (Å²) in [4.78, 5) is 6.45. The van der Waals surface area contributed by atoms with E-state index in [4.69, 9.17) is 9.47 Å². The Morgan fingerprint density at radius 3 is 2.44 bits per heavy atom. The molecule has 3 rings (SSSR count). The van der Waals surface area contributed by atoms with Gasteiger partial charge in [-0.2, -0.15) is 0 Å². The molecule has 0 saturated carbocycles. The van der Waals surface area contributed by atoms with Crippen LogP contribution in [-0.4, -0.2) is 24.2 Å². The number of fused-ring (bicyclic) bond motifs is 1. The first-order valence-corrected chi connectivity index (χ1v) is 5.69. The number of hydrogen-bond donors (Lipinski definition) is 2. The zero-order valence-corrected chi connectivity index (χ0v) is 10.3. The molecule has 0 aliphatic carbocycles. The van der Waals surface area contributed by atoms with Gasteiger partial charge >= 0.3 is 0 Å². The van der Waals surface area contributed by atoms with Gasteiger partial charge in [0.25, 0.3) is 0 Å². The molecule has 0 saturated heterocycles.